The van der Waals surface area contributed by atoms with E-state index in [2.05, 4.69) is 83.6 Å². The molecule has 2 heterocycles. The molecule has 1 aliphatic rings. The average molecular weight is 408 g/mol. The lowest BCUT2D eigenvalue weighted by Crippen LogP contribution is -2.37. The molecule has 0 N–H and O–H groups in total. The maximum atomic E-state index is 12.1. The van der Waals surface area contributed by atoms with E-state index in [1.165, 1.54) is 0 Å². The Hall–Kier alpha value is -3.66. The molecule has 4 nitrogen and oxygen atoms in total. The van der Waals surface area contributed by atoms with Crippen molar-refractivity contribution in [1.82, 2.24) is 14.5 Å². The van der Waals surface area contributed by atoms with E-state index < -0.39 is 5.54 Å². The second kappa shape index (κ2) is 8.23. The second-order valence-electron chi connectivity index (χ2n) is 8.00. The summed E-state index contributed by atoms with van der Waals surface area (Å²) in [5.41, 5.74) is 3.82. The summed E-state index contributed by atoms with van der Waals surface area (Å²) in [6, 6.07) is 31.6. The van der Waals surface area contributed by atoms with Gasteiger partial charge >= 0.3 is 0 Å². The molecule has 31 heavy (non-hydrogen) atoms. The zero-order chi connectivity index (χ0) is 21.1. The van der Waals surface area contributed by atoms with Crippen LogP contribution in [-0.2, 0) is 16.9 Å². The number of hydrogen-bond acceptors (Lipinski definition) is 2. The summed E-state index contributed by atoms with van der Waals surface area (Å²) in [6.45, 7) is 1.37. The fourth-order valence-corrected chi connectivity index (χ4v) is 4.68. The van der Waals surface area contributed by atoms with Crippen LogP contribution < -0.4 is 0 Å². The molecule has 0 atom stereocenters. The highest BCUT2D eigenvalue weighted by Gasteiger charge is 2.38. The number of hydrogen-bond donors (Lipinski definition) is 0. The zero-order valence-electron chi connectivity index (χ0n) is 17.4. The summed E-state index contributed by atoms with van der Waals surface area (Å²) in [7, 11) is 0. The smallest absolute Gasteiger partial charge is 0.222 e. The fraction of sp³-hybridized carbons (Fsp3) is 0.185. The van der Waals surface area contributed by atoms with Crippen molar-refractivity contribution >= 4 is 5.91 Å². The first-order valence-electron chi connectivity index (χ1n) is 10.8. The molecule has 0 radical (unpaired) electrons. The summed E-state index contributed by atoms with van der Waals surface area (Å²) in [5.74, 6) is 0.218. The van der Waals surface area contributed by atoms with Crippen LogP contribution in [0.15, 0.2) is 104 Å². The van der Waals surface area contributed by atoms with Gasteiger partial charge < -0.3 is 9.47 Å². The van der Waals surface area contributed by atoms with Crippen LogP contribution in [0.1, 0.15) is 35.2 Å². The number of benzene rings is 3. The summed E-state index contributed by atoms with van der Waals surface area (Å²) in [6.07, 6.45) is 5.58. The van der Waals surface area contributed by atoms with Crippen molar-refractivity contribution in [3.8, 4) is 0 Å². The van der Waals surface area contributed by atoms with E-state index in [0.29, 0.717) is 13.0 Å². The van der Waals surface area contributed by atoms with Gasteiger partial charge in [-0.05, 0) is 23.1 Å². The first-order valence-corrected chi connectivity index (χ1v) is 10.8. The minimum Gasteiger partial charge on any atom is -0.337 e. The third kappa shape index (κ3) is 3.44. The van der Waals surface area contributed by atoms with Crippen molar-refractivity contribution in [1.29, 1.82) is 0 Å². The van der Waals surface area contributed by atoms with Gasteiger partial charge in [0.25, 0.3) is 0 Å². The van der Waals surface area contributed by atoms with Crippen LogP contribution in [0.3, 0.4) is 0 Å². The van der Waals surface area contributed by atoms with E-state index in [-0.39, 0.29) is 5.91 Å². The highest BCUT2D eigenvalue weighted by molar-refractivity contribution is 5.78. The Balaban J connectivity index is 1.70. The standard InChI is InChI=1S/C27H25N3O/c31-26-17-10-18-29(26)19-25-20-30(21-28-25)27(22-11-4-1-5-12-22,23-13-6-2-7-14-23)24-15-8-3-9-16-24/h1-9,11-16,20-21H,10,17-19H2. The molecule has 0 saturated carbocycles. The van der Waals surface area contributed by atoms with Crippen LogP contribution in [0.25, 0.3) is 0 Å². The normalized spacial score (nSPS) is 14.2. The molecular formula is C27H25N3O. The lowest BCUT2D eigenvalue weighted by molar-refractivity contribution is -0.128. The Morgan fingerprint density at radius 3 is 1.74 bits per heavy atom. The molecule has 4 aromatic rings. The molecular weight excluding hydrogens is 382 g/mol. The van der Waals surface area contributed by atoms with Crippen LogP contribution in [0.2, 0.25) is 0 Å². The highest BCUT2D eigenvalue weighted by atomic mass is 16.2. The fourth-order valence-electron chi connectivity index (χ4n) is 4.68. The molecule has 1 saturated heterocycles. The largest absolute Gasteiger partial charge is 0.337 e. The number of imidazole rings is 1. The second-order valence-corrected chi connectivity index (χ2v) is 8.00. The summed E-state index contributed by atoms with van der Waals surface area (Å²) in [4.78, 5) is 18.8. The van der Waals surface area contributed by atoms with Gasteiger partial charge in [0, 0.05) is 19.2 Å². The van der Waals surface area contributed by atoms with Crippen LogP contribution in [0, 0.1) is 0 Å². The van der Waals surface area contributed by atoms with Crippen molar-refractivity contribution in [3.63, 3.8) is 0 Å². The molecule has 4 heteroatoms. The number of nitrogens with zero attached hydrogens (tertiary/aromatic N) is 3. The molecule has 3 aromatic carbocycles. The van der Waals surface area contributed by atoms with Gasteiger partial charge in [-0.15, -0.1) is 0 Å². The number of amides is 1. The quantitative estimate of drug-likeness (QED) is 0.429. The zero-order valence-corrected chi connectivity index (χ0v) is 17.4. The number of aromatic nitrogens is 2. The van der Waals surface area contributed by atoms with Crippen LogP contribution in [0.4, 0.5) is 0 Å². The van der Waals surface area contributed by atoms with E-state index >= 15 is 0 Å². The van der Waals surface area contributed by atoms with Gasteiger partial charge in [-0.2, -0.15) is 0 Å². The van der Waals surface area contributed by atoms with Crippen molar-refractivity contribution in [2.75, 3.05) is 6.54 Å². The lowest BCUT2D eigenvalue weighted by Gasteiger charge is -2.37. The molecule has 1 aromatic heterocycles. The van der Waals surface area contributed by atoms with Gasteiger partial charge in [-0.25, -0.2) is 4.98 Å². The van der Waals surface area contributed by atoms with Crippen molar-refractivity contribution < 1.29 is 4.79 Å². The molecule has 0 spiro atoms. The summed E-state index contributed by atoms with van der Waals surface area (Å²) >= 11 is 0. The van der Waals surface area contributed by atoms with E-state index in [1.54, 1.807) is 0 Å². The average Bonchev–Trinajstić information content (AvgIpc) is 3.46. The molecule has 5 rings (SSSR count). The topological polar surface area (TPSA) is 38.1 Å². The van der Waals surface area contributed by atoms with Crippen LogP contribution >= 0.6 is 0 Å². The number of carbonyl (C=O) groups excluding carboxylic acids is 1. The first kappa shape index (κ1) is 19.3. The van der Waals surface area contributed by atoms with Gasteiger partial charge in [0.1, 0.15) is 5.54 Å². The maximum absolute atomic E-state index is 12.1. The Bertz CT molecular complexity index is 1060. The molecule has 1 fully saturated rings. The number of carbonyl (C=O) groups is 1. The van der Waals surface area contributed by atoms with Crippen LogP contribution in [0.5, 0.6) is 0 Å². The van der Waals surface area contributed by atoms with Crippen molar-refractivity contribution in [3.05, 3.63) is 126 Å². The van der Waals surface area contributed by atoms with Gasteiger partial charge in [0.2, 0.25) is 5.91 Å². The SMILES string of the molecule is O=C1CCCN1Cc1cn(C(c2ccccc2)(c2ccccc2)c2ccccc2)cn1. The molecule has 1 aliphatic heterocycles. The molecule has 1 amide bonds. The van der Waals surface area contributed by atoms with E-state index in [9.17, 15) is 4.79 Å². The molecule has 0 aliphatic carbocycles. The van der Waals surface area contributed by atoms with Gasteiger partial charge in [0.15, 0.2) is 0 Å². The number of rotatable bonds is 6. The Morgan fingerprint density at radius 2 is 1.29 bits per heavy atom. The first-order chi connectivity index (χ1) is 15.3. The van der Waals surface area contributed by atoms with E-state index in [1.807, 2.05) is 29.4 Å². The van der Waals surface area contributed by atoms with Crippen LogP contribution in [-0.4, -0.2) is 26.9 Å². The molecule has 154 valence electrons. The van der Waals surface area contributed by atoms with E-state index in [0.717, 1.165) is 35.3 Å². The third-order valence-electron chi connectivity index (χ3n) is 6.12. The predicted octanol–water partition coefficient (Wildman–Crippen LogP) is 4.85. The van der Waals surface area contributed by atoms with E-state index in [4.69, 9.17) is 4.98 Å². The van der Waals surface area contributed by atoms with Gasteiger partial charge in [-0.1, -0.05) is 91.0 Å². The molecule has 0 unspecified atom stereocenters. The Kier molecular flexibility index (Phi) is 5.13. The summed E-state index contributed by atoms with van der Waals surface area (Å²) < 4.78 is 2.20. The predicted molar refractivity (Wildman–Crippen MR) is 121 cm³/mol. The maximum Gasteiger partial charge on any atom is 0.222 e. The molecule has 0 bridgehead atoms. The van der Waals surface area contributed by atoms with Gasteiger partial charge in [0.05, 0.1) is 18.6 Å². The summed E-state index contributed by atoms with van der Waals surface area (Å²) in [5, 5.41) is 0. The Labute approximate surface area is 182 Å². The lowest BCUT2D eigenvalue weighted by atomic mass is 9.77. The highest BCUT2D eigenvalue weighted by Crippen LogP contribution is 2.40. The minimum absolute atomic E-state index is 0.218. The Morgan fingerprint density at radius 1 is 0.774 bits per heavy atom. The van der Waals surface area contributed by atoms with Crippen molar-refractivity contribution in [2.24, 2.45) is 0 Å². The monoisotopic (exact) mass is 407 g/mol. The number of likely N-dealkylation sites (tertiary alicyclic amines) is 1. The minimum atomic E-state index is -0.565. The third-order valence-corrected chi connectivity index (χ3v) is 6.12. The van der Waals surface area contributed by atoms with Gasteiger partial charge in [-0.3, -0.25) is 4.79 Å². The van der Waals surface area contributed by atoms with Crippen molar-refractivity contribution in [2.45, 2.75) is 24.9 Å².